The minimum Gasteiger partial charge on any atom is -0.398 e. The molecule has 2 aromatic rings. The third-order valence-corrected chi connectivity index (χ3v) is 3.98. The zero-order valence-electron chi connectivity index (χ0n) is 12.3. The van der Waals surface area contributed by atoms with Gasteiger partial charge in [-0.25, -0.2) is 0 Å². The van der Waals surface area contributed by atoms with Crippen LogP contribution in [0.5, 0.6) is 0 Å². The highest BCUT2D eigenvalue weighted by Crippen LogP contribution is 2.35. The molecule has 2 heterocycles. The van der Waals surface area contributed by atoms with Crippen LogP contribution in [0, 0.1) is 6.92 Å². The van der Waals surface area contributed by atoms with Gasteiger partial charge in [-0.3, -0.25) is 4.98 Å². The average molecular weight is 271 g/mol. The largest absolute Gasteiger partial charge is 0.398 e. The zero-order chi connectivity index (χ0) is 14.3. The van der Waals surface area contributed by atoms with E-state index in [9.17, 15) is 0 Å². The standard InChI is InChI=1S/C16H21N3O/c1-11-8-12-13(9-18-11)14(17)4-5-15(12)19-6-7-20-10-16(19,2)3/h4-5,8-9H,6-7,10,17H2,1-3H3. The van der Waals surface area contributed by atoms with Gasteiger partial charge in [0.15, 0.2) is 0 Å². The van der Waals surface area contributed by atoms with Crippen molar-refractivity contribution < 1.29 is 4.74 Å². The molecular formula is C16H21N3O. The fourth-order valence-electron chi connectivity index (χ4n) is 2.89. The highest BCUT2D eigenvalue weighted by Gasteiger charge is 2.31. The van der Waals surface area contributed by atoms with Crippen molar-refractivity contribution in [2.24, 2.45) is 0 Å². The van der Waals surface area contributed by atoms with Gasteiger partial charge in [0.1, 0.15) is 0 Å². The van der Waals surface area contributed by atoms with Crippen molar-refractivity contribution in [1.82, 2.24) is 4.98 Å². The fraction of sp³-hybridized carbons (Fsp3) is 0.438. The van der Waals surface area contributed by atoms with Crippen LogP contribution < -0.4 is 10.6 Å². The van der Waals surface area contributed by atoms with E-state index in [0.29, 0.717) is 0 Å². The van der Waals surface area contributed by atoms with Crippen molar-refractivity contribution in [3.05, 3.63) is 30.1 Å². The lowest BCUT2D eigenvalue weighted by Crippen LogP contribution is -2.53. The van der Waals surface area contributed by atoms with E-state index in [2.05, 4.69) is 35.9 Å². The van der Waals surface area contributed by atoms with Gasteiger partial charge in [-0.1, -0.05) is 0 Å². The Balaban J connectivity index is 2.20. The smallest absolute Gasteiger partial charge is 0.0694 e. The van der Waals surface area contributed by atoms with Crippen LogP contribution in [0.15, 0.2) is 24.4 Å². The molecule has 4 nitrogen and oxygen atoms in total. The van der Waals surface area contributed by atoms with Gasteiger partial charge in [-0.15, -0.1) is 0 Å². The first-order chi connectivity index (χ1) is 9.49. The van der Waals surface area contributed by atoms with Gasteiger partial charge in [0, 0.05) is 40.6 Å². The molecule has 4 heteroatoms. The molecule has 0 radical (unpaired) electrons. The second-order valence-corrected chi connectivity index (χ2v) is 6.06. The molecule has 1 aliphatic rings. The van der Waals surface area contributed by atoms with Crippen LogP contribution in [-0.2, 0) is 4.74 Å². The van der Waals surface area contributed by atoms with Gasteiger partial charge in [-0.2, -0.15) is 0 Å². The molecule has 0 aliphatic carbocycles. The number of benzene rings is 1. The van der Waals surface area contributed by atoms with E-state index in [1.165, 1.54) is 11.1 Å². The normalized spacial score (nSPS) is 18.4. The summed E-state index contributed by atoms with van der Waals surface area (Å²) in [7, 11) is 0. The predicted molar refractivity (Wildman–Crippen MR) is 83.1 cm³/mol. The number of pyridine rings is 1. The Morgan fingerprint density at radius 3 is 2.85 bits per heavy atom. The maximum atomic E-state index is 6.09. The number of aromatic nitrogens is 1. The first-order valence-corrected chi connectivity index (χ1v) is 6.99. The summed E-state index contributed by atoms with van der Waals surface area (Å²) < 4.78 is 5.62. The molecule has 0 spiro atoms. The summed E-state index contributed by atoms with van der Waals surface area (Å²) in [6, 6.07) is 6.21. The van der Waals surface area contributed by atoms with Crippen LogP contribution in [0.2, 0.25) is 0 Å². The van der Waals surface area contributed by atoms with Gasteiger partial charge in [0.05, 0.1) is 18.8 Å². The summed E-state index contributed by atoms with van der Waals surface area (Å²) in [6.07, 6.45) is 1.87. The Labute approximate surface area is 119 Å². The van der Waals surface area contributed by atoms with Crippen LogP contribution in [0.25, 0.3) is 10.8 Å². The summed E-state index contributed by atoms with van der Waals surface area (Å²) in [4.78, 5) is 6.78. The van der Waals surface area contributed by atoms with E-state index in [1.807, 2.05) is 19.2 Å². The summed E-state index contributed by atoms with van der Waals surface area (Å²) in [5.74, 6) is 0. The van der Waals surface area contributed by atoms with Crippen molar-refractivity contribution in [3.63, 3.8) is 0 Å². The number of aryl methyl sites for hydroxylation is 1. The molecule has 106 valence electrons. The van der Waals surface area contributed by atoms with E-state index >= 15 is 0 Å². The van der Waals surface area contributed by atoms with Gasteiger partial charge < -0.3 is 15.4 Å². The molecule has 1 aromatic heterocycles. The highest BCUT2D eigenvalue weighted by molar-refractivity contribution is 6.01. The van der Waals surface area contributed by atoms with Gasteiger partial charge in [-0.05, 0) is 39.0 Å². The molecule has 0 amide bonds. The van der Waals surface area contributed by atoms with Gasteiger partial charge in [0.25, 0.3) is 0 Å². The second kappa shape index (κ2) is 4.63. The van der Waals surface area contributed by atoms with E-state index in [-0.39, 0.29) is 5.54 Å². The Morgan fingerprint density at radius 1 is 1.30 bits per heavy atom. The maximum absolute atomic E-state index is 6.09. The van der Waals surface area contributed by atoms with E-state index < -0.39 is 0 Å². The van der Waals surface area contributed by atoms with Gasteiger partial charge in [0.2, 0.25) is 0 Å². The van der Waals surface area contributed by atoms with Crippen molar-refractivity contribution in [2.75, 3.05) is 30.4 Å². The summed E-state index contributed by atoms with van der Waals surface area (Å²) in [5.41, 5.74) is 9.08. The zero-order valence-corrected chi connectivity index (χ0v) is 12.3. The van der Waals surface area contributed by atoms with Crippen molar-refractivity contribution in [2.45, 2.75) is 26.3 Å². The number of hydrogen-bond donors (Lipinski definition) is 1. The number of nitrogens with two attached hydrogens (primary N) is 1. The molecule has 1 aromatic carbocycles. The second-order valence-electron chi connectivity index (χ2n) is 6.06. The molecule has 20 heavy (non-hydrogen) atoms. The number of anilines is 2. The number of hydrogen-bond acceptors (Lipinski definition) is 4. The fourth-order valence-corrected chi connectivity index (χ4v) is 2.89. The summed E-state index contributed by atoms with van der Waals surface area (Å²) >= 11 is 0. The molecule has 1 fully saturated rings. The Kier molecular flexibility index (Phi) is 3.05. The van der Waals surface area contributed by atoms with Gasteiger partial charge >= 0.3 is 0 Å². The number of fused-ring (bicyclic) bond motifs is 1. The van der Waals surface area contributed by atoms with Crippen molar-refractivity contribution in [1.29, 1.82) is 0 Å². The number of ether oxygens (including phenoxy) is 1. The number of nitrogen functional groups attached to an aromatic ring is 1. The third-order valence-electron chi connectivity index (χ3n) is 3.98. The molecule has 2 N–H and O–H groups in total. The predicted octanol–water partition coefficient (Wildman–Crippen LogP) is 2.74. The Hall–Kier alpha value is -1.81. The van der Waals surface area contributed by atoms with Crippen LogP contribution in [-0.4, -0.2) is 30.3 Å². The van der Waals surface area contributed by atoms with Crippen LogP contribution in [0.4, 0.5) is 11.4 Å². The topological polar surface area (TPSA) is 51.4 Å². The minimum absolute atomic E-state index is 0.0154. The lowest BCUT2D eigenvalue weighted by molar-refractivity contribution is 0.0646. The number of nitrogens with zero attached hydrogens (tertiary/aromatic N) is 2. The molecular weight excluding hydrogens is 250 g/mol. The first-order valence-electron chi connectivity index (χ1n) is 6.99. The Bertz CT molecular complexity index is 651. The maximum Gasteiger partial charge on any atom is 0.0694 e. The molecule has 1 aliphatic heterocycles. The minimum atomic E-state index is -0.0154. The van der Waals surface area contributed by atoms with Crippen molar-refractivity contribution in [3.8, 4) is 0 Å². The Morgan fingerprint density at radius 2 is 2.10 bits per heavy atom. The average Bonchev–Trinajstić information content (AvgIpc) is 2.39. The molecule has 0 unspecified atom stereocenters. The molecule has 1 saturated heterocycles. The van der Waals surface area contributed by atoms with Crippen LogP contribution >= 0.6 is 0 Å². The SMILES string of the molecule is Cc1cc2c(N3CCOCC3(C)C)ccc(N)c2cn1. The highest BCUT2D eigenvalue weighted by atomic mass is 16.5. The molecule has 3 rings (SSSR count). The van der Waals surface area contributed by atoms with Crippen molar-refractivity contribution >= 4 is 22.1 Å². The van der Waals surface area contributed by atoms with Crippen LogP contribution in [0.1, 0.15) is 19.5 Å². The molecule has 0 saturated carbocycles. The lowest BCUT2D eigenvalue weighted by Gasteiger charge is -2.44. The lowest BCUT2D eigenvalue weighted by atomic mass is 9.99. The summed E-state index contributed by atoms with van der Waals surface area (Å²) in [5, 5.41) is 2.20. The number of morpholine rings is 1. The first kappa shape index (κ1) is 13.2. The van der Waals surface area contributed by atoms with Crippen LogP contribution in [0.3, 0.4) is 0 Å². The van der Waals surface area contributed by atoms with E-state index in [4.69, 9.17) is 10.5 Å². The molecule has 0 bridgehead atoms. The third kappa shape index (κ3) is 2.10. The molecule has 0 atom stereocenters. The summed E-state index contributed by atoms with van der Waals surface area (Å²) in [6.45, 7) is 8.83. The van der Waals surface area contributed by atoms with E-state index in [0.717, 1.165) is 36.5 Å². The monoisotopic (exact) mass is 271 g/mol. The van der Waals surface area contributed by atoms with E-state index in [1.54, 1.807) is 0 Å². The number of rotatable bonds is 1. The quantitative estimate of drug-likeness (QED) is 0.810.